The van der Waals surface area contributed by atoms with Crippen molar-refractivity contribution in [1.82, 2.24) is 14.9 Å². The number of hydrogen-bond donors (Lipinski definition) is 1. The van der Waals surface area contributed by atoms with Crippen molar-refractivity contribution >= 4 is 26.7 Å². The molecule has 1 fully saturated rings. The van der Waals surface area contributed by atoms with E-state index in [0.29, 0.717) is 0 Å². The number of likely N-dealkylation sites (N-methyl/N-ethyl adjacent to an activating group) is 1. The molecule has 0 radical (unpaired) electrons. The molecular formula is C13H18N4S. The summed E-state index contributed by atoms with van der Waals surface area (Å²) >= 11 is 1.73. The van der Waals surface area contributed by atoms with E-state index in [2.05, 4.69) is 52.5 Å². The summed E-state index contributed by atoms with van der Waals surface area (Å²) in [6.07, 6.45) is 0. The van der Waals surface area contributed by atoms with Crippen LogP contribution < -0.4 is 5.43 Å². The molecule has 1 N–H and O–H groups in total. The smallest absolute Gasteiger partial charge is 0.198 e. The minimum absolute atomic E-state index is 1.00. The van der Waals surface area contributed by atoms with Crippen LogP contribution in [0.2, 0.25) is 0 Å². The van der Waals surface area contributed by atoms with Crippen LogP contribution in [0.3, 0.4) is 0 Å². The van der Waals surface area contributed by atoms with E-state index in [4.69, 9.17) is 0 Å². The highest BCUT2D eigenvalue weighted by atomic mass is 32.1. The van der Waals surface area contributed by atoms with Gasteiger partial charge in [0.2, 0.25) is 0 Å². The molecule has 0 unspecified atom stereocenters. The zero-order valence-corrected chi connectivity index (χ0v) is 11.6. The number of benzene rings is 1. The lowest BCUT2D eigenvalue weighted by molar-refractivity contribution is 0.179. The van der Waals surface area contributed by atoms with Gasteiger partial charge in [0.15, 0.2) is 5.13 Å². The molecule has 0 bridgehead atoms. The summed E-state index contributed by atoms with van der Waals surface area (Å²) in [6.45, 7) is 6.42. The summed E-state index contributed by atoms with van der Waals surface area (Å²) in [5.74, 6) is 0. The number of aryl methyl sites for hydroxylation is 1. The Bertz CT molecular complexity index is 543. The zero-order valence-electron chi connectivity index (χ0n) is 10.8. The molecule has 4 nitrogen and oxygen atoms in total. The van der Waals surface area contributed by atoms with Crippen LogP contribution in [0.15, 0.2) is 18.2 Å². The number of rotatable bonds is 2. The van der Waals surface area contributed by atoms with Crippen LogP contribution >= 0.6 is 11.3 Å². The van der Waals surface area contributed by atoms with Gasteiger partial charge in [0, 0.05) is 26.2 Å². The monoisotopic (exact) mass is 262 g/mol. The average Bonchev–Trinajstić information content (AvgIpc) is 2.76. The Morgan fingerprint density at radius 1 is 1.22 bits per heavy atom. The van der Waals surface area contributed by atoms with Crippen LogP contribution in [0.25, 0.3) is 10.2 Å². The van der Waals surface area contributed by atoms with Crippen molar-refractivity contribution in [3.8, 4) is 0 Å². The number of nitrogens with zero attached hydrogens (tertiary/aromatic N) is 3. The first-order valence-electron chi connectivity index (χ1n) is 6.29. The summed E-state index contributed by atoms with van der Waals surface area (Å²) in [7, 11) is 2.17. The van der Waals surface area contributed by atoms with E-state index in [0.717, 1.165) is 36.8 Å². The van der Waals surface area contributed by atoms with E-state index < -0.39 is 0 Å². The molecule has 0 atom stereocenters. The Kier molecular flexibility index (Phi) is 3.20. The molecule has 2 heterocycles. The van der Waals surface area contributed by atoms with Gasteiger partial charge in [0.25, 0.3) is 0 Å². The van der Waals surface area contributed by atoms with Crippen LogP contribution in [0.5, 0.6) is 0 Å². The van der Waals surface area contributed by atoms with Gasteiger partial charge in [-0.2, -0.15) is 0 Å². The Balaban J connectivity index is 1.77. The predicted octanol–water partition coefficient (Wildman–Crippen LogP) is 2.18. The van der Waals surface area contributed by atoms with Crippen LogP contribution in [0, 0.1) is 6.92 Å². The first-order valence-corrected chi connectivity index (χ1v) is 7.10. The van der Waals surface area contributed by atoms with Crippen LogP contribution in [-0.4, -0.2) is 48.1 Å². The summed E-state index contributed by atoms with van der Waals surface area (Å²) < 4.78 is 1.26. The lowest BCUT2D eigenvalue weighted by Crippen LogP contribution is -2.46. The van der Waals surface area contributed by atoms with Gasteiger partial charge in [-0.15, -0.1) is 0 Å². The number of para-hydroxylation sites is 1. The maximum Gasteiger partial charge on any atom is 0.198 e. The van der Waals surface area contributed by atoms with Crippen molar-refractivity contribution in [2.24, 2.45) is 0 Å². The molecule has 3 rings (SSSR count). The van der Waals surface area contributed by atoms with Crippen LogP contribution in [0.4, 0.5) is 5.13 Å². The molecule has 0 amide bonds. The average molecular weight is 262 g/mol. The number of thiazole rings is 1. The molecule has 1 aromatic heterocycles. The van der Waals surface area contributed by atoms with E-state index >= 15 is 0 Å². The van der Waals surface area contributed by atoms with Gasteiger partial charge in [-0.1, -0.05) is 23.5 Å². The van der Waals surface area contributed by atoms with Crippen molar-refractivity contribution in [2.75, 3.05) is 38.7 Å². The largest absolute Gasteiger partial charge is 0.304 e. The molecule has 2 aromatic rings. The highest BCUT2D eigenvalue weighted by Crippen LogP contribution is 2.28. The predicted molar refractivity (Wildman–Crippen MR) is 77.0 cm³/mol. The van der Waals surface area contributed by atoms with Crippen molar-refractivity contribution in [3.63, 3.8) is 0 Å². The number of aromatic nitrogens is 1. The van der Waals surface area contributed by atoms with Crippen LogP contribution in [-0.2, 0) is 0 Å². The number of hydrogen-bond acceptors (Lipinski definition) is 5. The highest BCUT2D eigenvalue weighted by molar-refractivity contribution is 7.22. The number of piperazine rings is 1. The Morgan fingerprint density at radius 2 is 2.00 bits per heavy atom. The van der Waals surface area contributed by atoms with Gasteiger partial charge in [0.1, 0.15) is 0 Å². The maximum absolute atomic E-state index is 4.68. The third kappa shape index (κ3) is 2.34. The van der Waals surface area contributed by atoms with E-state index in [1.807, 2.05) is 0 Å². The standard InChI is InChI=1S/C13H18N4S/c1-10-4-3-5-11-12(10)14-13(18-11)15-17-8-6-16(2)7-9-17/h3-5H,6-9H2,1-2H3,(H,14,15). The van der Waals surface area contributed by atoms with Crippen molar-refractivity contribution in [3.05, 3.63) is 23.8 Å². The van der Waals surface area contributed by atoms with Gasteiger partial charge in [0.05, 0.1) is 10.2 Å². The first kappa shape index (κ1) is 11.9. The molecule has 18 heavy (non-hydrogen) atoms. The van der Waals surface area contributed by atoms with Crippen molar-refractivity contribution < 1.29 is 0 Å². The number of fused-ring (bicyclic) bond motifs is 1. The summed E-state index contributed by atoms with van der Waals surface area (Å²) in [5.41, 5.74) is 5.80. The summed E-state index contributed by atoms with van der Waals surface area (Å²) in [4.78, 5) is 7.03. The van der Waals surface area contributed by atoms with E-state index in [1.54, 1.807) is 11.3 Å². The van der Waals surface area contributed by atoms with Gasteiger partial charge >= 0.3 is 0 Å². The number of hydrazine groups is 1. The molecule has 96 valence electrons. The lowest BCUT2D eigenvalue weighted by Gasteiger charge is -2.32. The molecule has 1 saturated heterocycles. The molecular weight excluding hydrogens is 244 g/mol. The Morgan fingerprint density at radius 3 is 2.72 bits per heavy atom. The zero-order chi connectivity index (χ0) is 12.5. The fraction of sp³-hybridized carbons (Fsp3) is 0.462. The topological polar surface area (TPSA) is 31.4 Å². The third-order valence-electron chi connectivity index (χ3n) is 3.38. The second-order valence-electron chi connectivity index (χ2n) is 4.84. The minimum atomic E-state index is 1.00. The molecule has 5 heteroatoms. The van der Waals surface area contributed by atoms with Gasteiger partial charge in [-0.25, -0.2) is 9.99 Å². The fourth-order valence-corrected chi connectivity index (χ4v) is 3.16. The molecule has 0 saturated carbocycles. The third-order valence-corrected chi connectivity index (χ3v) is 4.30. The SMILES string of the molecule is Cc1cccc2sc(NN3CCN(C)CC3)nc12. The van der Waals surface area contributed by atoms with Gasteiger partial charge in [-0.05, 0) is 25.6 Å². The van der Waals surface area contributed by atoms with Gasteiger partial charge in [-0.3, -0.25) is 5.43 Å². The number of anilines is 1. The quantitative estimate of drug-likeness (QED) is 0.899. The molecule has 0 aliphatic carbocycles. The minimum Gasteiger partial charge on any atom is -0.304 e. The highest BCUT2D eigenvalue weighted by Gasteiger charge is 2.15. The molecule has 1 aliphatic heterocycles. The lowest BCUT2D eigenvalue weighted by atomic mass is 10.2. The van der Waals surface area contributed by atoms with Crippen molar-refractivity contribution in [2.45, 2.75) is 6.92 Å². The summed E-state index contributed by atoms with van der Waals surface area (Å²) in [6, 6.07) is 6.34. The van der Waals surface area contributed by atoms with E-state index in [-0.39, 0.29) is 0 Å². The number of nitrogens with one attached hydrogen (secondary N) is 1. The normalized spacial score (nSPS) is 18.3. The maximum atomic E-state index is 4.68. The molecule has 1 aliphatic rings. The Labute approximate surface area is 111 Å². The van der Waals surface area contributed by atoms with Crippen molar-refractivity contribution in [1.29, 1.82) is 0 Å². The van der Waals surface area contributed by atoms with Gasteiger partial charge < -0.3 is 4.90 Å². The Hall–Kier alpha value is -1.17. The van der Waals surface area contributed by atoms with E-state index in [1.165, 1.54) is 10.3 Å². The van der Waals surface area contributed by atoms with E-state index in [9.17, 15) is 0 Å². The summed E-state index contributed by atoms with van der Waals surface area (Å²) in [5, 5.41) is 3.26. The first-order chi connectivity index (χ1) is 8.72. The molecule has 1 aromatic carbocycles. The second kappa shape index (κ2) is 4.84. The fourth-order valence-electron chi connectivity index (χ4n) is 2.19. The molecule has 0 spiro atoms. The second-order valence-corrected chi connectivity index (χ2v) is 5.87. The van der Waals surface area contributed by atoms with Crippen LogP contribution in [0.1, 0.15) is 5.56 Å².